The normalized spacial score (nSPS) is 19.2. The van der Waals surface area contributed by atoms with Gasteiger partial charge in [-0.25, -0.2) is 0 Å². The summed E-state index contributed by atoms with van der Waals surface area (Å²) in [5.41, 5.74) is 4.43. The largest absolute Gasteiger partial charge is 0.494 e. The van der Waals surface area contributed by atoms with Crippen molar-refractivity contribution in [2.45, 2.75) is 18.9 Å². The molecular weight excluding hydrogens is 426 g/mol. The number of aromatic amines is 1. The van der Waals surface area contributed by atoms with Gasteiger partial charge in [-0.3, -0.25) is 9.69 Å². The van der Waals surface area contributed by atoms with Crippen molar-refractivity contribution in [2.24, 2.45) is 0 Å². The van der Waals surface area contributed by atoms with Gasteiger partial charge in [-0.2, -0.15) is 0 Å². The Morgan fingerprint density at radius 2 is 1.94 bits per heavy atom. The Morgan fingerprint density at radius 1 is 1.12 bits per heavy atom. The molecule has 0 aliphatic carbocycles. The van der Waals surface area contributed by atoms with Gasteiger partial charge in [-0.15, -0.1) is 0 Å². The third kappa shape index (κ3) is 4.35. The molecule has 0 saturated carbocycles. The van der Waals surface area contributed by atoms with Gasteiger partial charge in [0.2, 0.25) is 6.41 Å². The molecule has 6 nitrogen and oxygen atoms in total. The second kappa shape index (κ2) is 9.53. The van der Waals surface area contributed by atoms with Crippen molar-refractivity contribution in [1.29, 1.82) is 0 Å². The molecule has 2 aliphatic rings. The van der Waals surface area contributed by atoms with Gasteiger partial charge >= 0.3 is 0 Å². The molecule has 0 radical (unpaired) electrons. The number of nitrogens with one attached hydrogen (secondary N) is 1. The number of H-pyrrole nitrogens is 1. The van der Waals surface area contributed by atoms with Crippen LogP contribution in [0.25, 0.3) is 10.9 Å². The number of morpholine rings is 1. The predicted octanol–water partition coefficient (Wildman–Crippen LogP) is 4.03. The SMILES string of the molecule is O=CN1CCc2c([nH]c3ccc(Cl)cc23)C1c1ccc(OCCCN2CCOCC2)cc1. The van der Waals surface area contributed by atoms with E-state index in [1.54, 1.807) is 0 Å². The number of rotatable bonds is 7. The maximum Gasteiger partial charge on any atom is 0.210 e. The van der Waals surface area contributed by atoms with Crippen molar-refractivity contribution in [2.75, 3.05) is 46.0 Å². The number of hydrogen-bond acceptors (Lipinski definition) is 4. The highest BCUT2D eigenvalue weighted by atomic mass is 35.5. The quantitative estimate of drug-likeness (QED) is 0.433. The molecule has 1 atom stereocenters. The topological polar surface area (TPSA) is 57.8 Å². The lowest BCUT2D eigenvalue weighted by Crippen LogP contribution is -2.37. The third-order valence-corrected chi connectivity index (χ3v) is 6.68. The molecule has 0 bridgehead atoms. The van der Waals surface area contributed by atoms with Crippen LogP contribution >= 0.6 is 11.6 Å². The summed E-state index contributed by atoms with van der Waals surface area (Å²) in [4.78, 5) is 19.7. The van der Waals surface area contributed by atoms with E-state index >= 15 is 0 Å². The zero-order valence-electron chi connectivity index (χ0n) is 18.1. The van der Waals surface area contributed by atoms with Gasteiger partial charge in [0.05, 0.1) is 25.9 Å². The van der Waals surface area contributed by atoms with Crippen molar-refractivity contribution in [3.8, 4) is 5.75 Å². The van der Waals surface area contributed by atoms with E-state index in [-0.39, 0.29) is 6.04 Å². The highest BCUT2D eigenvalue weighted by Crippen LogP contribution is 2.38. The molecule has 2 aromatic carbocycles. The molecule has 7 heteroatoms. The van der Waals surface area contributed by atoms with Crippen molar-refractivity contribution >= 4 is 28.9 Å². The summed E-state index contributed by atoms with van der Waals surface area (Å²) in [6, 6.07) is 13.9. The van der Waals surface area contributed by atoms with Gasteiger partial charge in [0.15, 0.2) is 0 Å². The van der Waals surface area contributed by atoms with Crippen LogP contribution in [-0.2, 0) is 16.0 Å². The lowest BCUT2D eigenvalue weighted by molar-refractivity contribution is -0.120. The van der Waals surface area contributed by atoms with Crippen LogP contribution in [-0.4, -0.2) is 67.2 Å². The third-order valence-electron chi connectivity index (χ3n) is 6.45. The van der Waals surface area contributed by atoms with Crippen molar-refractivity contribution < 1.29 is 14.3 Å². The minimum absolute atomic E-state index is 0.141. The van der Waals surface area contributed by atoms with Crippen LogP contribution in [0.1, 0.15) is 29.3 Å². The first kappa shape index (κ1) is 21.3. The summed E-state index contributed by atoms with van der Waals surface area (Å²) in [7, 11) is 0. The van der Waals surface area contributed by atoms with Gasteiger partial charge in [-0.1, -0.05) is 23.7 Å². The zero-order chi connectivity index (χ0) is 21.9. The first-order chi connectivity index (χ1) is 15.7. The highest BCUT2D eigenvalue weighted by Gasteiger charge is 2.31. The maximum atomic E-state index is 11.8. The fourth-order valence-corrected chi connectivity index (χ4v) is 4.97. The molecule has 1 saturated heterocycles. The molecule has 0 spiro atoms. The van der Waals surface area contributed by atoms with E-state index in [2.05, 4.69) is 22.0 Å². The van der Waals surface area contributed by atoms with Gasteiger partial charge < -0.3 is 19.4 Å². The fraction of sp³-hybridized carbons (Fsp3) is 0.400. The fourth-order valence-electron chi connectivity index (χ4n) is 4.80. The van der Waals surface area contributed by atoms with Gasteiger partial charge in [0, 0.05) is 47.8 Å². The average Bonchev–Trinajstić information content (AvgIpc) is 3.20. The molecule has 1 amide bonds. The Hall–Kier alpha value is -2.54. The van der Waals surface area contributed by atoms with Crippen LogP contribution in [0.3, 0.4) is 0 Å². The summed E-state index contributed by atoms with van der Waals surface area (Å²) in [6.07, 6.45) is 2.75. The number of carbonyl (C=O) groups is 1. The molecule has 3 aromatic rings. The lowest BCUT2D eigenvalue weighted by atomic mass is 9.93. The van der Waals surface area contributed by atoms with Crippen LogP contribution in [0.4, 0.5) is 0 Å². The minimum atomic E-state index is -0.141. The molecule has 168 valence electrons. The zero-order valence-corrected chi connectivity index (χ0v) is 18.8. The molecule has 1 unspecified atom stereocenters. The molecule has 1 fully saturated rings. The number of hydrogen-bond donors (Lipinski definition) is 1. The maximum absolute atomic E-state index is 11.8. The lowest BCUT2D eigenvalue weighted by Gasteiger charge is -2.33. The molecule has 5 rings (SSSR count). The number of benzene rings is 2. The van der Waals surface area contributed by atoms with Crippen molar-refractivity contribution in [1.82, 2.24) is 14.8 Å². The van der Waals surface area contributed by atoms with Gasteiger partial charge in [0.1, 0.15) is 5.75 Å². The van der Waals surface area contributed by atoms with E-state index in [1.807, 2.05) is 35.2 Å². The summed E-state index contributed by atoms with van der Waals surface area (Å²) < 4.78 is 11.3. The number of ether oxygens (including phenoxy) is 2. The first-order valence-corrected chi connectivity index (χ1v) is 11.6. The monoisotopic (exact) mass is 453 g/mol. The molecule has 32 heavy (non-hydrogen) atoms. The standard InChI is InChI=1S/C25H28ClN3O3/c26-19-4-7-23-22(16-19)21-8-10-29(17-30)25(24(21)27-23)18-2-5-20(6-3-18)32-13-1-9-28-11-14-31-15-12-28/h2-7,16-17,25,27H,1,8-15H2. The van der Waals surface area contributed by atoms with E-state index < -0.39 is 0 Å². The van der Waals surface area contributed by atoms with E-state index in [0.717, 1.165) is 85.0 Å². The van der Waals surface area contributed by atoms with Crippen LogP contribution in [0.2, 0.25) is 5.02 Å². The van der Waals surface area contributed by atoms with Gasteiger partial charge in [0.25, 0.3) is 0 Å². The molecule has 1 aromatic heterocycles. The Kier molecular flexibility index (Phi) is 6.35. The van der Waals surface area contributed by atoms with Crippen molar-refractivity contribution in [3.05, 3.63) is 64.3 Å². The van der Waals surface area contributed by atoms with Crippen LogP contribution in [0.15, 0.2) is 42.5 Å². The van der Waals surface area contributed by atoms with E-state index in [4.69, 9.17) is 21.1 Å². The predicted molar refractivity (Wildman–Crippen MR) is 125 cm³/mol. The Balaban J connectivity index is 1.29. The molecule has 2 aliphatic heterocycles. The number of fused-ring (bicyclic) bond motifs is 3. The number of carbonyl (C=O) groups excluding carboxylic acids is 1. The minimum Gasteiger partial charge on any atom is -0.494 e. The van der Waals surface area contributed by atoms with E-state index in [1.165, 1.54) is 5.56 Å². The number of halogens is 1. The summed E-state index contributed by atoms with van der Waals surface area (Å²) >= 11 is 6.24. The highest BCUT2D eigenvalue weighted by molar-refractivity contribution is 6.31. The van der Waals surface area contributed by atoms with Crippen LogP contribution in [0, 0.1) is 0 Å². The smallest absolute Gasteiger partial charge is 0.210 e. The number of nitrogens with zero attached hydrogens (tertiary/aromatic N) is 2. The molecular formula is C25H28ClN3O3. The van der Waals surface area contributed by atoms with Crippen molar-refractivity contribution in [3.63, 3.8) is 0 Å². The number of aromatic nitrogens is 1. The summed E-state index contributed by atoms with van der Waals surface area (Å²) in [5, 5.41) is 1.87. The Labute approximate surface area is 193 Å². The second-order valence-electron chi connectivity index (χ2n) is 8.43. The number of amides is 1. The molecule has 1 N–H and O–H groups in total. The summed E-state index contributed by atoms with van der Waals surface area (Å²) in [6.45, 7) is 6.06. The van der Waals surface area contributed by atoms with Gasteiger partial charge in [-0.05, 0) is 54.3 Å². The van der Waals surface area contributed by atoms with Crippen LogP contribution < -0.4 is 4.74 Å². The Bertz CT molecular complexity index is 1080. The molecule has 3 heterocycles. The Morgan fingerprint density at radius 3 is 2.72 bits per heavy atom. The average molecular weight is 454 g/mol. The first-order valence-electron chi connectivity index (χ1n) is 11.3. The van der Waals surface area contributed by atoms with E-state index in [9.17, 15) is 4.79 Å². The van der Waals surface area contributed by atoms with Crippen LogP contribution in [0.5, 0.6) is 5.75 Å². The van der Waals surface area contributed by atoms with E-state index in [0.29, 0.717) is 13.2 Å². The summed E-state index contributed by atoms with van der Waals surface area (Å²) in [5.74, 6) is 0.854. The second-order valence-corrected chi connectivity index (χ2v) is 8.86.